The largest absolute Gasteiger partial charge is 0.325 e. The summed E-state index contributed by atoms with van der Waals surface area (Å²) in [5, 5.41) is 0. The van der Waals surface area contributed by atoms with Crippen molar-refractivity contribution in [2.45, 2.75) is 19.3 Å². The lowest BCUT2D eigenvalue weighted by atomic mass is 10.1. The number of allylic oxidation sites excluding steroid dienone is 4. The van der Waals surface area contributed by atoms with E-state index < -0.39 is 7.60 Å². The second-order valence-electron chi connectivity index (χ2n) is 2.95. The van der Waals surface area contributed by atoms with Gasteiger partial charge in [-0.25, -0.2) is 0 Å². The molecule has 0 heterocycles. The van der Waals surface area contributed by atoms with Gasteiger partial charge in [-0.2, -0.15) is 0 Å². The van der Waals surface area contributed by atoms with Crippen LogP contribution < -0.4 is 0 Å². The van der Waals surface area contributed by atoms with Crippen LogP contribution in [-0.4, -0.2) is 15.9 Å². The Hall–Kier alpha value is -0.370. The Morgan fingerprint density at radius 3 is 2.75 bits per heavy atom. The van der Waals surface area contributed by atoms with Crippen molar-refractivity contribution in [3.8, 4) is 0 Å². The summed E-state index contributed by atoms with van der Waals surface area (Å²) in [5.41, 5.74) is 1.27. The molecular weight excluding hydrogens is 175 g/mol. The fourth-order valence-electron chi connectivity index (χ4n) is 1.19. The van der Waals surface area contributed by atoms with E-state index in [1.807, 2.05) is 18.2 Å². The maximum atomic E-state index is 10.5. The van der Waals surface area contributed by atoms with E-state index >= 15 is 0 Å². The Balaban J connectivity index is 2.15. The Morgan fingerprint density at radius 2 is 2.25 bits per heavy atom. The minimum absolute atomic E-state index is 0.00431. The molecule has 0 aliphatic heterocycles. The third kappa shape index (κ3) is 3.86. The summed E-state index contributed by atoms with van der Waals surface area (Å²) < 4.78 is 10.5. The smallest absolute Gasteiger partial charge is 0.324 e. The van der Waals surface area contributed by atoms with Crippen LogP contribution in [0.3, 0.4) is 0 Å². The van der Waals surface area contributed by atoms with E-state index in [0.29, 0.717) is 6.42 Å². The second-order valence-corrected chi connectivity index (χ2v) is 4.73. The van der Waals surface area contributed by atoms with Gasteiger partial charge in [-0.3, -0.25) is 4.57 Å². The average Bonchev–Trinajstić information content (AvgIpc) is 2.36. The van der Waals surface area contributed by atoms with Gasteiger partial charge in [0.15, 0.2) is 0 Å². The van der Waals surface area contributed by atoms with Crippen molar-refractivity contribution in [3.05, 3.63) is 23.8 Å². The van der Waals surface area contributed by atoms with Crippen LogP contribution in [0.2, 0.25) is 0 Å². The van der Waals surface area contributed by atoms with Gasteiger partial charge in [-0.1, -0.05) is 23.8 Å². The highest BCUT2D eigenvalue weighted by Crippen LogP contribution is 2.36. The van der Waals surface area contributed by atoms with Crippen molar-refractivity contribution in [2.75, 3.05) is 6.16 Å². The van der Waals surface area contributed by atoms with Gasteiger partial charge >= 0.3 is 7.60 Å². The molecule has 0 amide bonds. The Bertz CT molecular complexity index is 249. The Morgan fingerprint density at radius 1 is 1.50 bits per heavy atom. The Labute approximate surface area is 72.0 Å². The molecule has 3 nitrogen and oxygen atoms in total. The van der Waals surface area contributed by atoms with Crippen LogP contribution >= 0.6 is 7.60 Å². The van der Waals surface area contributed by atoms with Crippen molar-refractivity contribution >= 4 is 7.60 Å². The molecule has 0 saturated heterocycles. The third-order valence-electron chi connectivity index (χ3n) is 1.80. The van der Waals surface area contributed by atoms with Gasteiger partial charge in [0.2, 0.25) is 0 Å². The van der Waals surface area contributed by atoms with Gasteiger partial charge < -0.3 is 9.79 Å². The van der Waals surface area contributed by atoms with Gasteiger partial charge in [-0.05, 0) is 19.3 Å². The van der Waals surface area contributed by atoms with Gasteiger partial charge in [-0.15, -0.1) is 0 Å². The van der Waals surface area contributed by atoms with E-state index in [0.717, 1.165) is 12.8 Å². The molecule has 68 valence electrons. The highest BCUT2D eigenvalue weighted by molar-refractivity contribution is 7.51. The summed E-state index contributed by atoms with van der Waals surface area (Å²) in [6.45, 7) is 0. The lowest BCUT2D eigenvalue weighted by Gasteiger charge is -2.03. The van der Waals surface area contributed by atoms with Crippen LogP contribution in [0.15, 0.2) is 23.8 Å². The van der Waals surface area contributed by atoms with E-state index in [1.165, 1.54) is 5.57 Å². The molecule has 0 bridgehead atoms. The molecule has 0 fully saturated rings. The monoisotopic (exact) mass is 188 g/mol. The summed E-state index contributed by atoms with van der Waals surface area (Å²) in [4.78, 5) is 17.1. The lowest BCUT2D eigenvalue weighted by Crippen LogP contribution is -1.89. The molecule has 0 aromatic heterocycles. The third-order valence-corrected chi connectivity index (χ3v) is 2.69. The van der Waals surface area contributed by atoms with Gasteiger partial charge in [0.1, 0.15) is 0 Å². The zero-order valence-corrected chi connectivity index (χ0v) is 7.70. The maximum Gasteiger partial charge on any atom is 0.325 e. The van der Waals surface area contributed by atoms with Gasteiger partial charge in [0.05, 0.1) is 6.16 Å². The zero-order chi connectivity index (χ0) is 9.03. The highest BCUT2D eigenvalue weighted by Gasteiger charge is 2.12. The minimum atomic E-state index is -3.77. The minimum Gasteiger partial charge on any atom is -0.324 e. The quantitative estimate of drug-likeness (QED) is 0.661. The molecule has 0 saturated carbocycles. The molecule has 12 heavy (non-hydrogen) atoms. The molecular formula is C8H13O3P. The summed E-state index contributed by atoms with van der Waals surface area (Å²) in [6, 6.07) is 0. The van der Waals surface area contributed by atoms with Gasteiger partial charge in [0.25, 0.3) is 0 Å². The first kappa shape index (κ1) is 9.72. The first-order valence-electron chi connectivity index (χ1n) is 3.97. The molecule has 4 heteroatoms. The maximum absolute atomic E-state index is 10.5. The predicted molar refractivity (Wildman–Crippen MR) is 48.0 cm³/mol. The van der Waals surface area contributed by atoms with Crippen LogP contribution in [0, 0.1) is 0 Å². The van der Waals surface area contributed by atoms with Crippen molar-refractivity contribution in [2.24, 2.45) is 0 Å². The Kier molecular flexibility index (Phi) is 3.27. The fourth-order valence-corrected chi connectivity index (χ4v) is 1.76. The fraction of sp³-hybridized carbons (Fsp3) is 0.500. The normalized spacial score (nSPS) is 16.7. The average molecular weight is 188 g/mol. The molecule has 0 aromatic rings. The summed E-state index contributed by atoms with van der Waals surface area (Å²) in [5.74, 6) is 0. The van der Waals surface area contributed by atoms with Crippen LogP contribution in [0.4, 0.5) is 0 Å². The van der Waals surface area contributed by atoms with Crippen LogP contribution in [0.1, 0.15) is 19.3 Å². The second kappa shape index (κ2) is 4.04. The molecule has 0 aromatic carbocycles. The van der Waals surface area contributed by atoms with E-state index in [2.05, 4.69) is 0 Å². The highest BCUT2D eigenvalue weighted by atomic mass is 31.2. The van der Waals surface area contributed by atoms with Gasteiger partial charge in [0, 0.05) is 0 Å². The molecule has 1 aliphatic carbocycles. The van der Waals surface area contributed by atoms with Crippen LogP contribution in [0.5, 0.6) is 0 Å². The van der Waals surface area contributed by atoms with Crippen LogP contribution in [0.25, 0.3) is 0 Å². The summed E-state index contributed by atoms with van der Waals surface area (Å²) in [7, 11) is -3.77. The standard InChI is InChI=1S/C8H13O3P/c9-12(10,11)7-3-6-8-4-1-2-5-8/h1-2,4H,3,5-7H2,(H2,9,10,11). The van der Waals surface area contributed by atoms with E-state index in [9.17, 15) is 4.57 Å². The molecule has 0 radical (unpaired) electrons. The summed E-state index contributed by atoms with van der Waals surface area (Å²) in [6.07, 6.45) is 8.38. The number of rotatable bonds is 4. The van der Waals surface area contributed by atoms with Crippen molar-refractivity contribution < 1.29 is 14.4 Å². The number of hydrogen-bond acceptors (Lipinski definition) is 1. The SMILES string of the molecule is O=P(O)(O)CCCC1=CC=CC1. The number of hydrogen-bond donors (Lipinski definition) is 2. The first-order chi connectivity index (χ1) is 5.58. The van der Waals surface area contributed by atoms with E-state index in [4.69, 9.17) is 9.79 Å². The molecule has 1 rings (SSSR count). The van der Waals surface area contributed by atoms with Crippen molar-refractivity contribution in [1.29, 1.82) is 0 Å². The van der Waals surface area contributed by atoms with E-state index in [-0.39, 0.29) is 6.16 Å². The van der Waals surface area contributed by atoms with Crippen LogP contribution in [-0.2, 0) is 4.57 Å². The molecule has 2 N–H and O–H groups in total. The lowest BCUT2D eigenvalue weighted by molar-refractivity contribution is 0.371. The molecule has 0 atom stereocenters. The van der Waals surface area contributed by atoms with E-state index in [1.54, 1.807) is 0 Å². The molecule has 0 unspecified atom stereocenters. The van der Waals surface area contributed by atoms with Crippen molar-refractivity contribution in [1.82, 2.24) is 0 Å². The van der Waals surface area contributed by atoms with Crippen molar-refractivity contribution in [3.63, 3.8) is 0 Å². The topological polar surface area (TPSA) is 57.5 Å². The predicted octanol–water partition coefficient (Wildman–Crippen LogP) is 1.83. The first-order valence-corrected chi connectivity index (χ1v) is 5.77. The zero-order valence-electron chi connectivity index (χ0n) is 6.81. The molecule has 1 aliphatic rings. The molecule has 0 spiro atoms. The summed E-state index contributed by atoms with van der Waals surface area (Å²) >= 11 is 0.